The van der Waals surface area contributed by atoms with Crippen molar-refractivity contribution in [2.75, 3.05) is 26.4 Å². The molecule has 0 aliphatic carbocycles. The molecule has 0 spiro atoms. The molecule has 2 unspecified atom stereocenters. The third-order valence-corrected chi connectivity index (χ3v) is 7.25. The fraction of sp³-hybridized carbons (Fsp3) is 0.176. The molecule has 0 amide bonds. The van der Waals surface area contributed by atoms with E-state index in [0.29, 0.717) is 23.0 Å². The molecular weight excluding hydrogens is 536 g/mol. The van der Waals surface area contributed by atoms with Gasteiger partial charge >= 0.3 is 0 Å². The highest BCUT2D eigenvalue weighted by Gasteiger charge is 2.15. The van der Waals surface area contributed by atoms with Crippen LogP contribution in [-0.4, -0.2) is 48.8 Å². The Bertz CT molecular complexity index is 1500. The van der Waals surface area contributed by atoms with Gasteiger partial charge in [-0.15, -0.1) is 0 Å². The van der Waals surface area contributed by atoms with Gasteiger partial charge in [0.2, 0.25) is 0 Å². The maximum atomic E-state index is 10.5. The van der Waals surface area contributed by atoms with Crippen LogP contribution in [0, 0.1) is 0 Å². The summed E-state index contributed by atoms with van der Waals surface area (Å²) in [6, 6.07) is 38.5. The molecule has 5 aromatic rings. The van der Waals surface area contributed by atoms with E-state index in [2.05, 4.69) is 0 Å². The van der Waals surface area contributed by atoms with E-state index in [9.17, 15) is 10.2 Å². The molecule has 2 atom stereocenters. The summed E-state index contributed by atoms with van der Waals surface area (Å²) in [5.74, 6) is 2.73. The Morgan fingerprint density at radius 2 is 1.02 bits per heavy atom. The minimum Gasteiger partial charge on any atom is -0.491 e. The average molecular weight is 569 g/mol. The van der Waals surface area contributed by atoms with E-state index in [-0.39, 0.29) is 26.4 Å². The van der Waals surface area contributed by atoms with Crippen molar-refractivity contribution in [3.8, 4) is 23.0 Å². The normalized spacial score (nSPS) is 12.4. The number of fused-ring (bicyclic) bond motifs is 1. The van der Waals surface area contributed by atoms with E-state index < -0.39 is 12.2 Å². The first-order valence-electron chi connectivity index (χ1n) is 13.4. The van der Waals surface area contributed by atoms with Crippen LogP contribution < -0.4 is 18.9 Å². The molecule has 0 aliphatic rings. The molecule has 0 aromatic heterocycles. The van der Waals surface area contributed by atoms with Gasteiger partial charge in [0, 0.05) is 4.90 Å². The van der Waals surface area contributed by atoms with E-state index >= 15 is 0 Å². The first-order valence-corrected chi connectivity index (χ1v) is 14.2. The van der Waals surface area contributed by atoms with E-state index in [0.717, 1.165) is 20.6 Å². The number of aliphatic hydroxyl groups excluding tert-OH is 2. The Morgan fingerprint density at radius 3 is 1.61 bits per heavy atom. The van der Waals surface area contributed by atoms with E-state index in [4.69, 9.17) is 18.9 Å². The highest BCUT2D eigenvalue weighted by Crippen LogP contribution is 2.41. The molecule has 41 heavy (non-hydrogen) atoms. The van der Waals surface area contributed by atoms with Gasteiger partial charge in [0.25, 0.3) is 0 Å². The largest absolute Gasteiger partial charge is 0.491 e. The molecule has 0 saturated carbocycles. The predicted molar refractivity (Wildman–Crippen MR) is 161 cm³/mol. The van der Waals surface area contributed by atoms with Gasteiger partial charge < -0.3 is 29.2 Å². The van der Waals surface area contributed by atoms with Crippen LogP contribution in [0.5, 0.6) is 23.0 Å². The Morgan fingerprint density at radius 1 is 0.512 bits per heavy atom. The van der Waals surface area contributed by atoms with Gasteiger partial charge in [-0.25, -0.2) is 0 Å². The van der Waals surface area contributed by atoms with Gasteiger partial charge in [-0.3, -0.25) is 0 Å². The van der Waals surface area contributed by atoms with Crippen LogP contribution in [0.25, 0.3) is 10.8 Å². The smallest absolute Gasteiger partial charge is 0.134 e. The van der Waals surface area contributed by atoms with Crippen molar-refractivity contribution in [2.45, 2.75) is 22.0 Å². The lowest BCUT2D eigenvalue weighted by Crippen LogP contribution is -2.25. The number of hydrogen-bond acceptors (Lipinski definition) is 7. The summed E-state index contributed by atoms with van der Waals surface area (Å²) in [4.78, 5) is 2.01. The highest BCUT2D eigenvalue weighted by atomic mass is 32.2. The standard InChI is InChI=1S/C34H32O6S/c35-26(21-37-28-10-4-1-5-11-28)23-39-30-17-18-32-25(20-30)16-19-33(34(32)41-31-14-8-3-9-15-31)40-24-27(36)22-38-29-12-6-2-7-13-29/h1-20,26-27,35-36H,21-24H2. The van der Waals surface area contributed by atoms with E-state index in [1.54, 1.807) is 11.8 Å². The minimum atomic E-state index is -0.798. The SMILES string of the molecule is OC(COc1ccccc1)COc1ccc2c(Sc3ccccc3)c(OCC(O)COc3ccccc3)ccc2c1. The zero-order chi connectivity index (χ0) is 28.3. The third-order valence-electron chi connectivity index (χ3n) is 6.11. The molecule has 6 nitrogen and oxygen atoms in total. The number of aliphatic hydroxyl groups is 2. The molecule has 0 heterocycles. The number of para-hydroxylation sites is 2. The zero-order valence-electron chi connectivity index (χ0n) is 22.5. The monoisotopic (exact) mass is 568 g/mol. The average Bonchev–Trinajstić information content (AvgIpc) is 3.02. The van der Waals surface area contributed by atoms with Crippen LogP contribution in [0.1, 0.15) is 0 Å². The molecule has 0 saturated heterocycles. The topological polar surface area (TPSA) is 77.4 Å². The van der Waals surface area contributed by atoms with Gasteiger partial charge in [0.05, 0.1) is 4.90 Å². The van der Waals surface area contributed by atoms with Crippen LogP contribution in [0.4, 0.5) is 0 Å². The lowest BCUT2D eigenvalue weighted by molar-refractivity contribution is 0.0617. The molecule has 0 bridgehead atoms. The first kappa shape index (κ1) is 28.4. The minimum absolute atomic E-state index is 0.0881. The van der Waals surface area contributed by atoms with Crippen molar-refractivity contribution in [1.82, 2.24) is 0 Å². The second kappa shape index (κ2) is 14.5. The summed E-state index contributed by atoms with van der Waals surface area (Å²) in [6.07, 6.45) is -1.57. The predicted octanol–water partition coefficient (Wildman–Crippen LogP) is 6.63. The van der Waals surface area contributed by atoms with Crippen molar-refractivity contribution in [3.63, 3.8) is 0 Å². The van der Waals surface area contributed by atoms with Crippen molar-refractivity contribution in [2.24, 2.45) is 0 Å². The van der Waals surface area contributed by atoms with Crippen molar-refractivity contribution >= 4 is 22.5 Å². The van der Waals surface area contributed by atoms with E-state index in [1.165, 1.54) is 0 Å². The molecule has 7 heteroatoms. The fourth-order valence-electron chi connectivity index (χ4n) is 4.07. The molecule has 5 rings (SSSR count). The van der Waals surface area contributed by atoms with Crippen LogP contribution in [0.15, 0.2) is 131 Å². The van der Waals surface area contributed by atoms with Crippen LogP contribution in [-0.2, 0) is 0 Å². The Balaban J connectivity index is 1.26. The Kier molecular flexibility index (Phi) is 10.0. The van der Waals surface area contributed by atoms with Crippen molar-refractivity contribution in [1.29, 1.82) is 0 Å². The number of ether oxygens (including phenoxy) is 4. The van der Waals surface area contributed by atoms with Crippen LogP contribution in [0.3, 0.4) is 0 Å². The summed E-state index contributed by atoms with van der Waals surface area (Å²) in [5.41, 5.74) is 0. The van der Waals surface area contributed by atoms with Gasteiger partial charge in [-0.05, 0) is 71.4 Å². The molecule has 210 valence electrons. The molecule has 0 radical (unpaired) electrons. The molecule has 0 fully saturated rings. The van der Waals surface area contributed by atoms with Gasteiger partial charge in [-0.2, -0.15) is 0 Å². The van der Waals surface area contributed by atoms with Crippen molar-refractivity contribution < 1.29 is 29.2 Å². The fourth-order valence-corrected chi connectivity index (χ4v) is 5.12. The second-order valence-electron chi connectivity index (χ2n) is 9.37. The summed E-state index contributed by atoms with van der Waals surface area (Å²) in [7, 11) is 0. The second-order valence-corrected chi connectivity index (χ2v) is 10.5. The van der Waals surface area contributed by atoms with Crippen LogP contribution in [0.2, 0.25) is 0 Å². The molecule has 2 N–H and O–H groups in total. The maximum absolute atomic E-state index is 10.5. The third kappa shape index (κ3) is 8.41. The van der Waals surface area contributed by atoms with Crippen LogP contribution >= 0.6 is 11.8 Å². The lowest BCUT2D eigenvalue weighted by atomic mass is 10.1. The molecule has 5 aromatic carbocycles. The first-order chi connectivity index (χ1) is 20.1. The van der Waals surface area contributed by atoms with Gasteiger partial charge in [0.1, 0.15) is 61.6 Å². The zero-order valence-corrected chi connectivity index (χ0v) is 23.3. The Hall–Kier alpha value is -4.17. The summed E-state index contributed by atoms with van der Waals surface area (Å²) in [5, 5.41) is 22.8. The highest BCUT2D eigenvalue weighted by molar-refractivity contribution is 7.99. The van der Waals surface area contributed by atoms with Gasteiger partial charge in [0.15, 0.2) is 0 Å². The Labute approximate surface area is 244 Å². The number of benzene rings is 5. The molecular formula is C34H32O6S. The van der Waals surface area contributed by atoms with Crippen molar-refractivity contribution in [3.05, 3.63) is 121 Å². The quantitative estimate of drug-likeness (QED) is 0.156. The van der Waals surface area contributed by atoms with Gasteiger partial charge in [-0.1, -0.05) is 72.4 Å². The lowest BCUT2D eigenvalue weighted by Gasteiger charge is -2.18. The van der Waals surface area contributed by atoms with E-state index in [1.807, 2.05) is 121 Å². The molecule has 0 aliphatic heterocycles. The summed E-state index contributed by atoms with van der Waals surface area (Å²) in [6.45, 7) is 0.457. The maximum Gasteiger partial charge on any atom is 0.134 e. The summed E-state index contributed by atoms with van der Waals surface area (Å²) < 4.78 is 23.3. The number of rotatable bonds is 14. The summed E-state index contributed by atoms with van der Waals surface area (Å²) >= 11 is 1.60. The number of hydrogen-bond donors (Lipinski definition) is 2.